The van der Waals surface area contributed by atoms with Crippen LogP contribution < -0.4 is 15.4 Å². The normalized spacial score (nSPS) is 11.5. The number of guanidine groups is 1. The number of rotatable bonds is 5. The van der Waals surface area contributed by atoms with Crippen LogP contribution in [-0.2, 0) is 6.54 Å². The number of benzene rings is 1. The Labute approximate surface area is 109 Å². The van der Waals surface area contributed by atoms with E-state index < -0.39 is 0 Å². The van der Waals surface area contributed by atoms with E-state index in [4.69, 9.17) is 4.74 Å². The molecule has 0 saturated carbocycles. The van der Waals surface area contributed by atoms with Crippen molar-refractivity contribution in [1.29, 1.82) is 0 Å². The highest BCUT2D eigenvalue weighted by Crippen LogP contribution is 2.12. The summed E-state index contributed by atoms with van der Waals surface area (Å²) in [6.07, 6.45) is 0. The monoisotopic (exact) mass is 249 g/mol. The summed E-state index contributed by atoms with van der Waals surface area (Å²) in [6, 6.07) is 8.44. The molecule has 0 radical (unpaired) electrons. The van der Waals surface area contributed by atoms with Crippen molar-refractivity contribution >= 4 is 5.96 Å². The third-order valence-electron chi connectivity index (χ3n) is 2.32. The molecule has 0 unspecified atom stereocenters. The zero-order valence-electron chi connectivity index (χ0n) is 11.7. The Balaban J connectivity index is 2.54. The van der Waals surface area contributed by atoms with Crippen LogP contribution in [-0.4, -0.2) is 25.7 Å². The fourth-order valence-corrected chi connectivity index (χ4v) is 1.57. The van der Waals surface area contributed by atoms with Crippen LogP contribution in [0.15, 0.2) is 29.3 Å². The van der Waals surface area contributed by atoms with E-state index in [2.05, 4.69) is 35.5 Å². The number of nitrogens with one attached hydrogen (secondary N) is 2. The van der Waals surface area contributed by atoms with E-state index in [1.807, 2.05) is 25.1 Å². The minimum atomic E-state index is 0.367. The molecule has 4 nitrogen and oxygen atoms in total. The first-order valence-electron chi connectivity index (χ1n) is 6.34. The van der Waals surface area contributed by atoms with E-state index in [9.17, 15) is 0 Å². The first kappa shape index (κ1) is 14.4. The second-order valence-corrected chi connectivity index (χ2v) is 4.31. The second-order valence-electron chi connectivity index (χ2n) is 4.31. The lowest BCUT2D eigenvalue weighted by Crippen LogP contribution is -2.40. The van der Waals surface area contributed by atoms with Crippen molar-refractivity contribution in [2.75, 3.05) is 13.7 Å². The van der Waals surface area contributed by atoms with Gasteiger partial charge in [0.25, 0.3) is 0 Å². The summed E-state index contributed by atoms with van der Waals surface area (Å²) < 4.78 is 5.47. The average Bonchev–Trinajstić information content (AvgIpc) is 2.35. The molecule has 18 heavy (non-hydrogen) atoms. The predicted octanol–water partition coefficient (Wildman–Crippen LogP) is 2.16. The third-order valence-corrected chi connectivity index (χ3v) is 2.32. The molecule has 0 heterocycles. The molecule has 0 fully saturated rings. The van der Waals surface area contributed by atoms with E-state index >= 15 is 0 Å². The third kappa shape index (κ3) is 5.08. The molecule has 1 aromatic rings. The van der Waals surface area contributed by atoms with Crippen molar-refractivity contribution in [3.8, 4) is 5.75 Å². The molecule has 1 rings (SSSR count). The Kier molecular flexibility index (Phi) is 6.05. The average molecular weight is 249 g/mol. The van der Waals surface area contributed by atoms with Crippen molar-refractivity contribution in [2.45, 2.75) is 33.4 Å². The molecule has 0 atom stereocenters. The maximum atomic E-state index is 5.47. The fourth-order valence-electron chi connectivity index (χ4n) is 1.57. The molecule has 1 aromatic carbocycles. The Morgan fingerprint density at radius 1 is 1.39 bits per heavy atom. The van der Waals surface area contributed by atoms with Crippen LogP contribution in [0.4, 0.5) is 0 Å². The summed E-state index contributed by atoms with van der Waals surface area (Å²) in [6.45, 7) is 7.57. The van der Waals surface area contributed by atoms with Crippen LogP contribution in [0.1, 0.15) is 26.3 Å². The lowest BCUT2D eigenvalue weighted by atomic mass is 10.2. The SMILES string of the molecule is CCOc1cccc(CNC(=NC)NC(C)C)c1. The van der Waals surface area contributed by atoms with Crippen molar-refractivity contribution in [1.82, 2.24) is 10.6 Å². The molecule has 4 heteroatoms. The van der Waals surface area contributed by atoms with E-state index in [0.717, 1.165) is 18.3 Å². The molecule has 0 aromatic heterocycles. The van der Waals surface area contributed by atoms with Crippen molar-refractivity contribution in [3.05, 3.63) is 29.8 Å². The summed E-state index contributed by atoms with van der Waals surface area (Å²) in [5, 5.41) is 6.52. The number of nitrogens with zero attached hydrogens (tertiary/aromatic N) is 1. The summed E-state index contributed by atoms with van der Waals surface area (Å²) in [5.41, 5.74) is 1.17. The first-order chi connectivity index (χ1) is 8.65. The van der Waals surface area contributed by atoms with Gasteiger partial charge in [0.1, 0.15) is 5.75 Å². The molecule has 0 amide bonds. The first-order valence-corrected chi connectivity index (χ1v) is 6.34. The van der Waals surface area contributed by atoms with Crippen LogP contribution in [0, 0.1) is 0 Å². The van der Waals surface area contributed by atoms with Gasteiger partial charge in [0.2, 0.25) is 0 Å². The van der Waals surface area contributed by atoms with Gasteiger partial charge in [0, 0.05) is 19.6 Å². The van der Waals surface area contributed by atoms with Crippen LogP contribution in [0.25, 0.3) is 0 Å². The number of hydrogen-bond donors (Lipinski definition) is 2. The highest BCUT2D eigenvalue weighted by Gasteiger charge is 2.01. The van der Waals surface area contributed by atoms with E-state index in [1.165, 1.54) is 5.56 Å². The highest BCUT2D eigenvalue weighted by molar-refractivity contribution is 5.79. The van der Waals surface area contributed by atoms with Crippen LogP contribution in [0.5, 0.6) is 5.75 Å². The lowest BCUT2D eigenvalue weighted by Gasteiger charge is -2.14. The van der Waals surface area contributed by atoms with Gasteiger partial charge in [-0.15, -0.1) is 0 Å². The summed E-state index contributed by atoms with van der Waals surface area (Å²) in [4.78, 5) is 4.17. The number of hydrogen-bond acceptors (Lipinski definition) is 2. The molecule has 0 spiro atoms. The van der Waals surface area contributed by atoms with Crippen LogP contribution in [0.2, 0.25) is 0 Å². The van der Waals surface area contributed by atoms with Gasteiger partial charge in [0.15, 0.2) is 5.96 Å². The molecule has 100 valence electrons. The Morgan fingerprint density at radius 3 is 2.78 bits per heavy atom. The summed E-state index contributed by atoms with van der Waals surface area (Å²) >= 11 is 0. The van der Waals surface area contributed by atoms with Crippen molar-refractivity contribution in [3.63, 3.8) is 0 Å². The summed E-state index contributed by atoms with van der Waals surface area (Å²) in [5.74, 6) is 1.72. The van der Waals surface area contributed by atoms with Gasteiger partial charge >= 0.3 is 0 Å². The molecule has 0 aliphatic heterocycles. The largest absolute Gasteiger partial charge is 0.494 e. The van der Waals surface area contributed by atoms with Crippen molar-refractivity contribution in [2.24, 2.45) is 4.99 Å². The Morgan fingerprint density at radius 2 is 2.17 bits per heavy atom. The van der Waals surface area contributed by atoms with Gasteiger partial charge in [-0.2, -0.15) is 0 Å². The summed E-state index contributed by atoms with van der Waals surface area (Å²) in [7, 11) is 1.77. The van der Waals surface area contributed by atoms with Crippen LogP contribution >= 0.6 is 0 Å². The minimum absolute atomic E-state index is 0.367. The zero-order chi connectivity index (χ0) is 13.4. The molecular formula is C14H23N3O. The van der Waals surface area contributed by atoms with Gasteiger partial charge in [-0.3, -0.25) is 4.99 Å². The molecular weight excluding hydrogens is 226 g/mol. The topological polar surface area (TPSA) is 45.6 Å². The maximum Gasteiger partial charge on any atom is 0.191 e. The quantitative estimate of drug-likeness (QED) is 0.621. The molecule has 0 saturated heterocycles. The van der Waals surface area contributed by atoms with E-state index in [1.54, 1.807) is 7.05 Å². The van der Waals surface area contributed by atoms with Crippen LogP contribution in [0.3, 0.4) is 0 Å². The number of aliphatic imine (C=N–C) groups is 1. The standard InChI is InChI=1S/C14H23N3O/c1-5-18-13-8-6-7-12(9-13)10-16-14(15-4)17-11(2)3/h6-9,11H,5,10H2,1-4H3,(H2,15,16,17). The van der Waals surface area contributed by atoms with E-state index in [-0.39, 0.29) is 0 Å². The fraction of sp³-hybridized carbons (Fsp3) is 0.500. The molecule has 2 N–H and O–H groups in total. The molecule has 0 aliphatic rings. The Hall–Kier alpha value is -1.71. The van der Waals surface area contributed by atoms with Crippen molar-refractivity contribution < 1.29 is 4.74 Å². The zero-order valence-corrected chi connectivity index (χ0v) is 11.7. The highest BCUT2D eigenvalue weighted by atomic mass is 16.5. The smallest absolute Gasteiger partial charge is 0.191 e. The second kappa shape index (κ2) is 7.58. The predicted molar refractivity (Wildman–Crippen MR) is 76.1 cm³/mol. The van der Waals surface area contributed by atoms with Gasteiger partial charge in [0.05, 0.1) is 6.61 Å². The number of ether oxygens (including phenoxy) is 1. The van der Waals surface area contributed by atoms with Gasteiger partial charge in [-0.05, 0) is 38.5 Å². The van der Waals surface area contributed by atoms with E-state index in [0.29, 0.717) is 12.6 Å². The van der Waals surface area contributed by atoms with Gasteiger partial charge in [-0.1, -0.05) is 12.1 Å². The minimum Gasteiger partial charge on any atom is -0.494 e. The molecule has 0 bridgehead atoms. The van der Waals surface area contributed by atoms with Gasteiger partial charge < -0.3 is 15.4 Å². The molecule has 0 aliphatic carbocycles. The van der Waals surface area contributed by atoms with Gasteiger partial charge in [-0.25, -0.2) is 0 Å². The maximum absolute atomic E-state index is 5.47. The lowest BCUT2D eigenvalue weighted by molar-refractivity contribution is 0.340. The Bertz CT molecular complexity index is 388.